The third-order valence-electron chi connectivity index (χ3n) is 5.24. The lowest BCUT2D eigenvalue weighted by atomic mass is 10.2. The van der Waals surface area contributed by atoms with Crippen molar-refractivity contribution in [1.82, 2.24) is 19.4 Å². The molecule has 3 aromatic rings. The highest BCUT2D eigenvalue weighted by Gasteiger charge is 2.30. The Morgan fingerprint density at radius 3 is 2.76 bits per heavy atom. The molecule has 0 radical (unpaired) electrons. The van der Waals surface area contributed by atoms with Crippen LogP contribution in [0.5, 0.6) is 5.75 Å². The van der Waals surface area contributed by atoms with Gasteiger partial charge in [0.1, 0.15) is 10.6 Å². The first-order valence-electron chi connectivity index (χ1n) is 10.6. The molecule has 0 saturated carbocycles. The number of rotatable bonds is 9. The fourth-order valence-corrected chi connectivity index (χ4v) is 5.21. The number of aryl methyl sites for hydroxylation is 1. The SMILES string of the molecule is COc1ccc(C(=O)OCCCc2nc(-c3cccnc3)no2)cc1S(=O)(=O)N1CCCC1. The number of sulfonamides is 1. The van der Waals surface area contributed by atoms with E-state index in [1.807, 2.05) is 6.07 Å². The lowest BCUT2D eigenvalue weighted by Gasteiger charge is -2.18. The zero-order chi connectivity index (χ0) is 23.3. The second-order valence-corrected chi connectivity index (χ2v) is 9.38. The molecule has 1 fully saturated rings. The smallest absolute Gasteiger partial charge is 0.338 e. The summed E-state index contributed by atoms with van der Waals surface area (Å²) in [6, 6.07) is 7.88. The average molecular weight is 473 g/mol. The highest BCUT2D eigenvalue weighted by molar-refractivity contribution is 7.89. The summed E-state index contributed by atoms with van der Waals surface area (Å²) in [4.78, 5) is 20.8. The van der Waals surface area contributed by atoms with Crippen LogP contribution >= 0.6 is 0 Å². The third-order valence-corrected chi connectivity index (χ3v) is 7.16. The van der Waals surface area contributed by atoms with Gasteiger partial charge in [-0.25, -0.2) is 13.2 Å². The summed E-state index contributed by atoms with van der Waals surface area (Å²) in [6.45, 7) is 1.03. The average Bonchev–Trinajstić information content (AvgIpc) is 3.55. The van der Waals surface area contributed by atoms with Crippen molar-refractivity contribution in [3.05, 3.63) is 54.2 Å². The second-order valence-electron chi connectivity index (χ2n) is 7.47. The van der Waals surface area contributed by atoms with Gasteiger partial charge in [0.15, 0.2) is 0 Å². The van der Waals surface area contributed by atoms with Crippen molar-refractivity contribution in [3.8, 4) is 17.1 Å². The molecule has 0 spiro atoms. The summed E-state index contributed by atoms with van der Waals surface area (Å²) < 4.78 is 43.1. The Balaban J connectivity index is 1.35. The summed E-state index contributed by atoms with van der Waals surface area (Å²) in [5.41, 5.74) is 0.892. The van der Waals surface area contributed by atoms with Crippen LogP contribution in [0.15, 0.2) is 52.1 Å². The largest absolute Gasteiger partial charge is 0.495 e. The summed E-state index contributed by atoms with van der Waals surface area (Å²) in [5, 5.41) is 3.92. The first kappa shape index (κ1) is 22.9. The van der Waals surface area contributed by atoms with Crippen LogP contribution in [-0.4, -0.2) is 60.6 Å². The number of benzene rings is 1. The molecule has 1 aliphatic heterocycles. The number of hydrogen-bond acceptors (Lipinski definition) is 9. The van der Waals surface area contributed by atoms with E-state index in [1.54, 1.807) is 18.5 Å². The molecule has 0 amide bonds. The molecule has 0 bridgehead atoms. The summed E-state index contributed by atoms with van der Waals surface area (Å²) in [6.07, 6.45) is 5.82. The van der Waals surface area contributed by atoms with Gasteiger partial charge in [0, 0.05) is 37.5 Å². The highest BCUT2D eigenvalue weighted by Crippen LogP contribution is 2.30. The number of pyridine rings is 1. The Labute approximate surface area is 191 Å². The molecular weight excluding hydrogens is 448 g/mol. The van der Waals surface area contributed by atoms with Crippen molar-refractivity contribution in [2.24, 2.45) is 0 Å². The van der Waals surface area contributed by atoms with E-state index in [1.165, 1.54) is 29.6 Å². The zero-order valence-electron chi connectivity index (χ0n) is 18.1. The second kappa shape index (κ2) is 10.1. The van der Waals surface area contributed by atoms with E-state index in [-0.39, 0.29) is 22.8 Å². The van der Waals surface area contributed by atoms with Gasteiger partial charge in [-0.05, 0) is 49.6 Å². The van der Waals surface area contributed by atoms with Gasteiger partial charge in [-0.15, -0.1) is 0 Å². The number of ether oxygens (including phenoxy) is 2. The minimum absolute atomic E-state index is 0.0323. The lowest BCUT2D eigenvalue weighted by Crippen LogP contribution is -2.28. The molecule has 1 aromatic carbocycles. The van der Waals surface area contributed by atoms with Gasteiger partial charge in [-0.2, -0.15) is 9.29 Å². The number of aromatic nitrogens is 3. The number of nitrogens with zero attached hydrogens (tertiary/aromatic N) is 4. The third kappa shape index (κ3) is 5.20. The first-order valence-corrected chi connectivity index (χ1v) is 12.0. The van der Waals surface area contributed by atoms with Gasteiger partial charge < -0.3 is 14.0 Å². The monoisotopic (exact) mass is 472 g/mol. The van der Waals surface area contributed by atoms with Crippen molar-refractivity contribution >= 4 is 16.0 Å². The number of hydrogen-bond donors (Lipinski definition) is 0. The molecule has 33 heavy (non-hydrogen) atoms. The van der Waals surface area contributed by atoms with Gasteiger partial charge in [-0.1, -0.05) is 5.16 Å². The van der Waals surface area contributed by atoms with Crippen LogP contribution in [0, 0.1) is 0 Å². The quantitative estimate of drug-likeness (QED) is 0.341. The van der Waals surface area contributed by atoms with Crippen molar-refractivity contribution < 1.29 is 27.2 Å². The van der Waals surface area contributed by atoms with E-state index < -0.39 is 16.0 Å². The van der Waals surface area contributed by atoms with Crippen LogP contribution in [0.2, 0.25) is 0 Å². The number of methoxy groups -OCH3 is 1. The Hall–Kier alpha value is -3.31. The number of esters is 1. The minimum Gasteiger partial charge on any atom is -0.495 e. The van der Waals surface area contributed by atoms with Crippen molar-refractivity contribution in [3.63, 3.8) is 0 Å². The van der Waals surface area contributed by atoms with Crippen LogP contribution in [0.25, 0.3) is 11.4 Å². The maximum atomic E-state index is 13.0. The molecular formula is C22H24N4O6S. The van der Waals surface area contributed by atoms with Gasteiger partial charge in [0.05, 0.1) is 19.3 Å². The molecule has 11 heteroatoms. The van der Waals surface area contributed by atoms with Crippen LogP contribution in [0.3, 0.4) is 0 Å². The standard InChI is InChI=1S/C22H24N4O6S/c1-30-18-9-8-16(14-19(18)33(28,29)26-11-2-3-12-26)22(27)31-13-5-7-20-24-21(25-32-20)17-6-4-10-23-15-17/h4,6,8-10,14-15H,2-3,5,7,11-13H2,1H3. The van der Waals surface area contributed by atoms with Crippen LogP contribution in [0.1, 0.15) is 35.5 Å². The van der Waals surface area contributed by atoms with Gasteiger partial charge in [0.25, 0.3) is 0 Å². The van der Waals surface area contributed by atoms with Crippen LogP contribution in [0.4, 0.5) is 0 Å². The Morgan fingerprint density at radius 1 is 1.21 bits per heavy atom. The summed E-state index contributed by atoms with van der Waals surface area (Å²) in [7, 11) is -2.35. The predicted molar refractivity (Wildman–Crippen MR) is 117 cm³/mol. The Morgan fingerprint density at radius 2 is 2.03 bits per heavy atom. The van der Waals surface area contributed by atoms with Gasteiger partial charge in [0.2, 0.25) is 21.7 Å². The van der Waals surface area contributed by atoms with Crippen LogP contribution < -0.4 is 4.74 Å². The minimum atomic E-state index is -3.75. The first-order chi connectivity index (χ1) is 16.0. The summed E-state index contributed by atoms with van der Waals surface area (Å²) >= 11 is 0. The number of carbonyl (C=O) groups excluding carboxylic acids is 1. The molecule has 0 atom stereocenters. The van der Waals surface area contributed by atoms with E-state index >= 15 is 0 Å². The molecule has 0 unspecified atom stereocenters. The number of carbonyl (C=O) groups is 1. The molecule has 0 aliphatic carbocycles. The molecule has 3 heterocycles. The van der Waals surface area contributed by atoms with E-state index in [0.717, 1.165) is 18.4 Å². The Bertz CT molecular complexity index is 1210. The lowest BCUT2D eigenvalue weighted by molar-refractivity contribution is 0.0498. The van der Waals surface area contributed by atoms with E-state index in [4.69, 9.17) is 14.0 Å². The summed E-state index contributed by atoms with van der Waals surface area (Å²) in [5.74, 6) is 0.449. The fraction of sp³-hybridized carbons (Fsp3) is 0.364. The molecule has 174 valence electrons. The van der Waals surface area contributed by atoms with Crippen molar-refractivity contribution in [1.29, 1.82) is 0 Å². The van der Waals surface area contributed by atoms with Gasteiger partial charge in [-0.3, -0.25) is 4.98 Å². The fourth-order valence-electron chi connectivity index (χ4n) is 3.51. The van der Waals surface area contributed by atoms with E-state index in [2.05, 4.69) is 15.1 Å². The van der Waals surface area contributed by atoms with Crippen molar-refractivity contribution in [2.45, 2.75) is 30.6 Å². The van der Waals surface area contributed by atoms with Gasteiger partial charge >= 0.3 is 5.97 Å². The Kier molecular flexibility index (Phi) is 6.99. The molecule has 1 aliphatic rings. The zero-order valence-corrected chi connectivity index (χ0v) is 19.0. The normalized spacial score (nSPS) is 14.3. The molecule has 0 N–H and O–H groups in total. The van der Waals surface area contributed by atoms with Crippen molar-refractivity contribution in [2.75, 3.05) is 26.8 Å². The molecule has 1 saturated heterocycles. The van der Waals surface area contributed by atoms with E-state index in [9.17, 15) is 13.2 Å². The maximum absolute atomic E-state index is 13.0. The topological polar surface area (TPSA) is 125 Å². The maximum Gasteiger partial charge on any atom is 0.338 e. The van der Waals surface area contributed by atoms with E-state index in [0.29, 0.717) is 37.6 Å². The molecule has 4 rings (SSSR count). The highest BCUT2D eigenvalue weighted by atomic mass is 32.2. The van der Waals surface area contributed by atoms with Crippen LogP contribution in [-0.2, 0) is 21.2 Å². The predicted octanol–water partition coefficient (Wildman–Crippen LogP) is 2.71. The molecule has 10 nitrogen and oxygen atoms in total. The molecule has 2 aromatic heterocycles.